The zero-order valence-corrected chi connectivity index (χ0v) is 11.0. The van der Waals surface area contributed by atoms with Crippen LogP contribution >= 0.6 is 0 Å². The van der Waals surface area contributed by atoms with Gasteiger partial charge in [-0.05, 0) is 47.6 Å². The maximum atomic E-state index is 12.2. The first-order valence-corrected chi connectivity index (χ1v) is 6.83. The fraction of sp³-hybridized carbons (Fsp3) is 0.533. The van der Waals surface area contributed by atoms with Crippen molar-refractivity contribution in [3.05, 3.63) is 28.2 Å². The Morgan fingerprint density at radius 3 is 2.79 bits per heavy atom. The highest BCUT2D eigenvalue weighted by molar-refractivity contribution is 6.01. The van der Waals surface area contributed by atoms with Crippen LogP contribution in [-0.4, -0.2) is 12.9 Å². The van der Waals surface area contributed by atoms with Gasteiger partial charge < -0.3 is 4.74 Å². The van der Waals surface area contributed by atoms with E-state index >= 15 is 0 Å². The summed E-state index contributed by atoms with van der Waals surface area (Å²) in [6, 6.07) is 3.46. The molecule has 4 heteroatoms. The van der Waals surface area contributed by atoms with E-state index in [0.29, 0.717) is 35.3 Å². The molecule has 2 aliphatic carbocycles. The summed E-state index contributed by atoms with van der Waals surface area (Å²) in [4.78, 5) is 23.4. The molecule has 0 amide bonds. The Hall–Kier alpha value is -1.71. The Bertz CT molecular complexity index is 538. The van der Waals surface area contributed by atoms with Gasteiger partial charge in [-0.3, -0.25) is 4.79 Å². The first kappa shape index (κ1) is 12.3. The van der Waals surface area contributed by atoms with Gasteiger partial charge in [-0.2, -0.15) is 0 Å². The van der Waals surface area contributed by atoms with Crippen LogP contribution in [0.5, 0.6) is 5.75 Å². The summed E-state index contributed by atoms with van der Waals surface area (Å²) in [7, 11) is 1.53. The Kier molecular flexibility index (Phi) is 3.09. The largest absolute Gasteiger partial charge is 0.494 e. The second-order valence-corrected chi connectivity index (χ2v) is 5.45. The van der Waals surface area contributed by atoms with E-state index in [4.69, 9.17) is 4.74 Å². The van der Waals surface area contributed by atoms with Gasteiger partial charge in [0.15, 0.2) is 11.5 Å². The quantitative estimate of drug-likeness (QED) is 0.755. The van der Waals surface area contributed by atoms with Crippen LogP contribution in [0.3, 0.4) is 0 Å². The minimum Gasteiger partial charge on any atom is -0.494 e. The molecule has 19 heavy (non-hydrogen) atoms. The minimum atomic E-state index is 0.144. The monoisotopic (exact) mass is 259 g/mol. The first-order chi connectivity index (χ1) is 9.26. The number of ether oxygens (including phenoxy) is 1. The van der Waals surface area contributed by atoms with Gasteiger partial charge in [-0.15, -0.1) is 4.91 Å². The van der Waals surface area contributed by atoms with E-state index in [1.54, 1.807) is 12.1 Å². The molecule has 0 heterocycles. The van der Waals surface area contributed by atoms with Gasteiger partial charge in [0.2, 0.25) is 0 Å². The van der Waals surface area contributed by atoms with E-state index in [-0.39, 0.29) is 5.78 Å². The van der Waals surface area contributed by atoms with Crippen molar-refractivity contribution in [3.63, 3.8) is 0 Å². The van der Waals surface area contributed by atoms with Crippen LogP contribution in [0.15, 0.2) is 17.3 Å². The number of nitroso groups, excluding NO2 is 1. The smallest absolute Gasteiger partial charge is 0.163 e. The highest BCUT2D eigenvalue weighted by Crippen LogP contribution is 2.50. The molecule has 1 saturated carbocycles. The van der Waals surface area contributed by atoms with Crippen LogP contribution in [0.2, 0.25) is 0 Å². The lowest BCUT2D eigenvalue weighted by atomic mass is 9.67. The van der Waals surface area contributed by atoms with Crippen molar-refractivity contribution in [1.82, 2.24) is 0 Å². The third-order valence-corrected chi connectivity index (χ3v) is 4.52. The number of hydrogen-bond donors (Lipinski definition) is 0. The van der Waals surface area contributed by atoms with Crippen LogP contribution in [0, 0.1) is 10.8 Å². The second-order valence-electron chi connectivity index (χ2n) is 5.45. The Morgan fingerprint density at radius 1 is 1.26 bits per heavy atom. The summed E-state index contributed by atoms with van der Waals surface area (Å²) in [5, 5.41) is 3.15. The fourth-order valence-corrected chi connectivity index (χ4v) is 3.65. The number of carbonyl (C=O) groups is 1. The topological polar surface area (TPSA) is 55.7 Å². The number of Topliss-reactive ketones (excluding diaryl/α,β-unsaturated/α-hetero) is 1. The van der Waals surface area contributed by atoms with Crippen molar-refractivity contribution in [2.24, 2.45) is 11.1 Å². The third kappa shape index (κ3) is 1.86. The molecule has 0 saturated heterocycles. The van der Waals surface area contributed by atoms with Crippen LogP contribution in [0.4, 0.5) is 5.69 Å². The van der Waals surface area contributed by atoms with E-state index in [0.717, 1.165) is 24.8 Å². The molecule has 1 aromatic carbocycles. The summed E-state index contributed by atoms with van der Waals surface area (Å²) in [6.45, 7) is 0. The summed E-state index contributed by atoms with van der Waals surface area (Å²) in [6.07, 6.45) is 5.07. The summed E-state index contributed by atoms with van der Waals surface area (Å²) in [5.41, 5.74) is 1.86. The predicted octanol–water partition coefficient (Wildman–Crippen LogP) is 3.95. The minimum absolute atomic E-state index is 0.144. The lowest BCUT2D eigenvalue weighted by Crippen LogP contribution is -2.27. The van der Waals surface area contributed by atoms with Crippen molar-refractivity contribution in [1.29, 1.82) is 0 Å². The summed E-state index contributed by atoms with van der Waals surface area (Å²) in [5.74, 6) is 1.30. The number of hydrogen-bond acceptors (Lipinski definition) is 4. The van der Waals surface area contributed by atoms with Crippen molar-refractivity contribution in [2.75, 3.05) is 7.11 Å². The van der Waals surface area contributed by atoms with E-state index in [2.05, 4.69) is 5.18 Å². The Morgan fingerprint density at radius 2 is 2.05 bits per heavy atom. The molecule has 2 aliphatic rings. The average Bonchev–Trinajstić information content (AvgIpc) is 2.46. The van der Waals surface area contributed by atoms with Crippen molar-refractivity contribution < 1.29 is 9.53 Å². The van der Waals surface area contributed by atoms with E-state index < -0.39 is 0 Å². The number of ketones is 1. The molecule has 100 valence electrons. The van der Waals surface area contributed by atoms with Gasteiger partial charge in [-0.25, -0.2) is 0 Å². The van der Waals surface area contributed by atoms with Crippen molar-refractivity contribution in [3.8, 4) is 5.75 Å². The summed E-state index contributed by atoms with van der Waals surface area (Å²) >= 11 is 0. The maximum Gasteiger partial charge on any atom is 0.163 e. The van der Waals surface area contributed by atoms with Gasteiger partial charge in [0.1, 0.15) is 5.75 Å². The van der Waals surface area contributed by atoms with Crippen molar-refractivity contribution in [2.45, 2.75) is 38.0 Å². The molecule has 2 atom stereocenters. The molecule has 0 radical (unpaired) electrons. The molecule has 0 unspecified atom stereocenters. The normalized spacial score (nSPS) is 25.4. The SMILES string of the molecule is COc1ccc2c(c1N=O)[C@@H]1CCCC[C@@H]1CC2=O. The fourth-order valence-electron chi connectivity index (χ4n) is 3.65. The van der Waals surface area contributed by atoms with Gasteiger partial charge in [0.05, 0.1) is 7.11 Å². The molecule has 4 nitrogen and oxygen atoms in total. The molecule has 0 bridgehead atoms. The molecule has 1 fully saturated rings. The molecule has 1 aromatic rings. The lowest BCUT2D eigenvalue weighted by molar-refractivity contribution is 0.0919. The van der Waals surface area contributed by atoms with Crippen LogP contribution < -0.4 is 4.74 Å². The molecular formula is C15H17NO3. The molecule has 0 N–H and O–H groups in total. The number of methoxy groups -OCH3 is 1. The standard InChI is InChI=1S/C15H17NO3/c1-19-13-7-6-11-12(17)8-9-4-2-3-5-10(9)14(11)15(13)16-18/h6-7,9-10H,2-5,8H2,1H3/t9-,10-/m1/s1. The number of benzene rings is 1. The van der Waals surface area contributed by atoms with E-state index in [9.17, 15) is 9.70 Å². The van der Waals surface area contributed by atoms with Gasteiger partial charge in [-0.1, -0.05) is 12.8 Å². The summed E-state index contributed by atoms with van der Waals surface area (Å²) < 4.78 is 5.21. The molecule has 0 aromatic heterocycles. The van der Waals surface area contributed by atoms with Crippen LogP contribution in [0.1, 0.15) is 53.9 Å². The maximum absolute atomic E-state index is 12.2. The van der Waals surface area contributed by atoms with Crippen molar-refractivity contribution >= 4 is 11.5 Å². The predicted molar refractivity (Wildman–Crippen MR) is 72.1 cm³/mol. The highest BCUT2D eigenvalue weighted by Gasteiger charge is 2.38. The third-order valence-electron chi connectivity index (χ3n) is 4.52. The van der Waals surface area contributed by atoms with Gasteiger partial charge in [0.25, 0.3) is 0 Å². The molecule has 0 aliphatic heterocycles. The molecule has 3 rings (SSSR count). The number of carbonyl (C=O) groups excluding carboxylic acids is 1. The lowest BCUT2D eigenvalue weighted by Gasteiger charge is -2.36. The molecule has 0 spiro atoms. The second kappa shape index (κ2) is 4.76. The van der Waals surface area contributed by atoms with E-state index in [1.807, 2.05) is 0 Å². The zero-order valence-electron chi connectivity index (χ0n) is 11.0. The number of rotatable bonds is 2. The Labute approximate surface area is 112 Å². The van der Waals surface area contributed by atoms with Gasteiger partial charge >= 0.3 is 0 Å². The first-order valence-electron chi connectivity index (χ1n) is 6.83. The highest BCUT2D eigenvalue weighted by atomic mass is 16.5. The van der Waals surface area contributed by atoms with E-state index in [1.165, 1.54) is 13.5 Å². The number of fused-ring (bicyclic) bond motifs is 3. The zero-order chi connectivity index (χ0) is 13.4. The number of nitrogens with zero attached hydrogens (tertiary/aromatic N) is 1. The molecular weight excluding hydrogens is 242 g/mol. The average molecular weight is 259 g/mol. The Balaban J connectivity index is 2.19. The van der Waals surface area contributed by atoms with Crippen LogP contribution in [0.25, 0.3) is 0 Å². The van der Waals surface area contributed by atoms with Gasteiger partial charge in [0, 0.05) is 12.0 Å². The van der Waals surface area contributed by atoms with Crippen LogP contribution in [-0.2, 0) is 0 Å².